The van der Waals surface area contributed by atoms with Gasteiger partial charge in [0.25, 0.3) is 0 Å². The van der Waals surface area contributed by atoms with Gasteiger partial charge in [-0.3, -0.25) is 0 Å². The van der Waals surface area contributed by atoms with Crippen LogP contribution in [0.15, 0.2) is 0 Å². The first kappa shape index (κ1) is 11.8. The Morgan fingerprint density at radius 2 is 2.38 bits per heavy atom. The number of likely N-dealkylation sites (N-methyl/N-ethyl adjacent to an activating group) is 1. The van der Waals surface area contributed by atoms with Crippen molar-refractivity contribution in [2.24, 2.45) is 5.41 Å². The molecule has 0 radical (unpaired) electrons. The van der Waals surface area contributed by atoms with Crippen LogP contribution in [-0.2, 0) is 4.74 Å². The number of hydrogen-bond donors (Lipinski definition) is 1. The van der Waals surface area contributed by atoms with Crippen molar-refractivity contribution in [1.29, 1.82) is 5.26 Å². The predicted molar refractivity (Wildman–Crippen MR) is 62.0 cm³/mol. The Hall–Kier alpha value is -0.630. The van der Waals surface area contributed by atoms with E-state index in [1.807, 2.05) is 0 Å². The van der Waals surface area contributed by atoms with Gasteiger partial charge in [-0.25, -0.2) is 0 Å². The minimum absolute atomic E-state index is 0.311. The Labute approximate surface area is 97.6 Å². The highest BCUT2D eigenvalue weighted by molar-refractivity contribution is 5.01. The van der Waals surface area contributed by atoms with E-state index < -0.39 is 0 Å². The van der Waals surface area contributed by atoms with E-state index >= 15 is 0 Å². The van der Waals surface area contributed by atoms with Gasteiger partial charge in [0.15, 0.2) is 0 Å². The van der Waals surface area contributed by atoms with Crippen molar-refractivity contribution in [3.63, 3.8) is 0 Å². The highest BCUT2D eigenvalue weighted by Crippen LogP contribution is 2.48. The molecular weight excluding hydrogens is 202 g/mol. The molecule has 0 aromatic heterocycles. The standard InChI is InChI=1S/C12H21N3O/c1-15(9-11-8-14-6-7-16-11)10-12(2-3-12)4-5-13/h11,14H,2-4,6-10H2,1H3. The maximum atomic E-state index is 8.77. The van der Waals surface area contributed by atoms with Crippen LogP contribution in [-0.4, -0.2) is 50.8 Å². The average Bonchev–Trinajstić information content (AvgIpc) is 2.99. The molecule has 0 aromatic rings. The minimum Gasteiger partial charge on any atom is -0.374 e. The molecule has 0 bridgehead atoms. The highest BCUT2D eigenvalue weighted by Gasteiger charge is 2.43. The van der Waals surface area contributed by atoms with Crippen LogP contribution < -0.4 is 5.32 Å². The smallest absolute Gasteiger partial charge is 0.0826 e. The second-order valence-corrected chi connectivity index (χ2v) is 5.23. The molecule has 1 N–H and O–H groups in total. The van der Waals surface area contributed by atoms with Gasteiger partial charge in [-0.1, -0.05) is 0 Å². The molecule has 0 amide bonds. The molecule has 1 unspecified atom stereocenters. The summed E-state index contributed by atoms with van der Waals surface area (Å²) in [6.45, 7) is 4.76. The van der Waals surface area contributed by atoms with Crippen LogP contribution in [0.2, 0.25) is 0 Å². The van der Waals surface area contributed by atoms with E-state index in [1.165, 1.54) is 12.8 Å². The van der Waals surface area contributed by atoms with Crippen molar-refractivity contribution in [1.82, 2.24) is 10.2 Å². The van der Waals surface area contributed by atoms with Crippen molar-refractivity contribution in [2.45, 2.75) is 25.4 Å². The maximum Gasteiger partial charge on any atom is 0.0826 e. The SMILES string of the molecule is CN(CC1CNCCO1)CC1(CC#N)CC1. The lowest BCUT2D eigenvalue weighted by Gasteiger charge is -2.29. The Morgan fingerprint density at radius 1 is 1.56 bits per heavy atom. The van der Waals surface area contributed by atoms with E-state index in [2.05, 4.69) is 23.3 Å². The third kappa shape index (κ3) is 3.18. The summed E-state index contributed by atoms with van der Waals surface area (Å²) in [6.07, 6.45) is 3.46. The summed E-state index contributed by atoms with van der Waals surface area (Å²) in [7, 11) is 2.13. The second kappa shape index (κ2) is 5.13. The number of nitriles is 1. The predicted octanol–water partition coefficient (Wildman–Crippen LogP) is 0.600. The van der Waals surface area contributed by atoms with Gasteiger partial charge >= 0.3 is 0 Å². The topological polar surface area (TPSA) is 48.3 Å². The van der Waals surface area contributed by atoms with Gasteiger partial charge in [-0.15, -0.1) is 0 Å². The number of nitrogens with zero attached hydrogens (tertiary/aromatic N) is 2. The van der Waals surface area contributed by atoms with E-state index in [-0.39, 0.29) is 0 Å². The van der Waals surface area contributed by atoms with Crippen LogP contribution in [0, 0.1) is 16.7 Å². The molecule has 1 atom stereocenters. The van der Waals surface area contributed by atoms with Gasteiger partial charge in [0.1, 0.15) is 0 Å². The Balaban J connectivity index is 1.71. The summed E-state index contributed by atoms with van der Waals surface area (Å²) < 4.78 is 5.67. The summed E-state index contributed by atoms with van der Waals surface area (Å²) in [5.41, 5.74) is 0.311. The fourth-order valence-electron chi connectivity index (χ4n) is 2.46. The maximum absolute atomic E-state index is 8.77. The lowest BCUT2D eigenvalue weighted by molar-refractivity contribution is 0.00722. The normalized spacial score (nSPS) is 27.7. The fraction of sp³-hybridized carbons (Fsp3) is 0.917. The number of ether oxygens (including phenoxy) is 1. The van der Waals surface area contributed by atoms with Gasteiger partial charge in [-0.05, 0) is 25.3 Å². The van der Waals surface area contributed by atoms with Gasteiger partial charge in [0, 0.05) is 32.6 Å². The quantitative estimate of drug-likeness (QED) is 0.741. The Bertz CT molecular complexity index is 264. The molecule has 1 saturated heterocycles. The first-order valence-electron chi connectivity index (χ1n) is 6.12. The minimum atomic E-state index is 0.311. The van der Waals surface area contributed by atoms with Crippen molar-refractivity contribution in [3.8, 4) is 6.07 Å². The molecule has 2 rings (SSSR count). The zero-order valence-electron chi connectivity index (χ0n) is 10.0. The molecule has 4 nitrogen and oxygen atoms in total. The lowest BCUT2D eigenvalue weighted by Crippen LogP contribution is -2.45. The van der Waals surface area contributed by atoms with Crippen molar-refractivity contribution in [3.05, 3.63) is 0 Å². The number of rotatable bonds is 5. The van der Waals surface area contributed by atoms with Crippen molar-refractivity contribution < 1.29 is 4.74 Å². The van der Waals surface area contributed by atoms with E-state index in [4.69, 9.17) is 10.00 Å². The van der Waals surface area contributed by atoms with E-state index in [0.29, 0.717) is 17.9 Å². The zero-order chi connectivity index (χ0) is 11.4. The van der Waals surface area contributed by atoms with Gasteiger partial charge < -0.3 is 15.0 Å². The fourth-order valence-corrected chi connectivity index (χ4v) is 2.46. The third-order valence-corrected chi connectivity index (χ3v) is 3.54. The molecule has 1 saturated carbocycles. The van der Waals surface area contributed by atoms with Crippen molar-refractivity contribution in [2.75, 3.05) is 39.8 Å². The molecule has 4 heteroatoms. The first-order valence-corrected chi connectivity index (χ1v) is 6.12. The highest BCUT2D eigenvalue weighted by atomic mass is 16.5. The van der Waals surface area contributed by atoms with Crippen molar-refractivity contribution >= 4 is 0 Å². The van der Waals surface area contributed by atoms with Crippen LogP contribution in [0.1, 0.15) is 19.3 Å². The monoisotopic (exact) mass is 223 g/mol. The zero-order valence-corrected chi connectivity index (χ0v) is 10.0. The third-order valence-electron chi connectivity index (χ3n) is 3.54. The Morgan fingerprint density at radius 3 is 2.94 bits per heavy atom. The summed E-state index contributed by atoms with van der Waals surface area (Å²) in [4.78, 5) is 2.32. The summed E-state index contributed by atoms with van der Waals surface area (Å²) in [5, 5.41) is 12.1. The number of nitrogens with one attached hydrogen (secondary N) is 1. The largest absolute Gasteiger partial charge is 0.374 e. The molecule has 1 aliphatic heterocycles. The molecule has 0 aromatic carbocycles. The summed E-state index contributed by atoms with van der Waals surface area (Å²) >= 11 is 0. The van der Waals surface area contributed by atoms with Gasteiger partial charge in [0.05, 0.1) is 18.8 Å². The molecule has 1 aliphatic carbocycles. The van der Waals surface area contributed by atoms with Crippen LogP contribution in [0.4, 0.5) is 0 Å². The lowest BCUT2D eigenvalue weighted by atomic mass is 10.0. The molecule has 2 fully saturated rings. The second-order valence-electron chi connectivity index (χ2n) is 5.23. The number of hydrogen-bond acceptors (Lipinski definition) is 4. The summed E-state index contributed by atoms with van der Waals surface area (Å²) in [6, 6.07) is 2.31. The molecule has 16 heavy (non-hydrogen) atoms. The molecule has 2 aliphatic rings. The van der Waals surface area contributed by atoms with E-state index in [9.17, 15) is 0 Å². The molecule has 0 spiro atoms. The van der Waals surface area contributed by atoms with Crippen LogP contribution in [0.5, 0.6) is 0 Å². The summed E-state index contributed by atoms with van der Waals surface area (Å²) in [5.74, 6) is 0. The average molecular weight is 223 g/mol. The molecule has 90 valence electrons. The molecular formula is C12H21N3O. The van der Waals surface area contributed by atoms with Gasteiger partial charge in [-0.2, -0.15) is 5.26 Å². The van der Waals surface area contributed by atoms with E-state index in [1.54, 1.807) is 0 Å². The molecule has 1 heterocycles. The Kier molecular flexibility index (Phi) is 3.80. The van der Waals surface area contributed by atoms with Crippen LogP contribution in [0.25, 0.3) is 0 Å². The van der Waals surface area contributed by atoms with Gasteiger partial charge in [0.2, 0.25) is 0 Å². The van der Waals surface area contributed by atoms with Crippen LogP contribution in [0.3, 0.4) is 0 Å². The number of morpholine rings is 1. The first-order chi connectivity index (χ1) is 7.74. The van der Waals surface area contributed by atoms with Crippen LogP contribution >= 0.6 is 0 Å². The van der Waals surface area contributed by atoms with E-state index in [0.717, 1.165) is 32.8 Å².